The molecule has 1 aliphatic carbocycles. The number of alkyl halides is 3. The lowest BCUT2D eigenvalue weighted by Crippen LogP contribution is -2.52. The topological polar surface area (TPSA) is 100 Å². The molecule has 200 valence electrons. The zero-order chi connectivity index (χ0) is 27.2. The zero-order valence-electron chi connectivity index (χ0n) is 20.9. The van der Waals surface area contributed by atoms with Crippen molar-refractivity contribution in [2.24, 2.45) is 15.9 Å². The van der Waals surface area contributed by atoms with Gasteiger partial charge in [0.15, 0.2) is 10.6 Å². The molecular formula is C24H28F3N5O3S2. The summed E-state index contributed by atoms with van der Waals surface area (Å²) in [6, 6.07) is 2.94. The lowest BCUT2D eigenvalue weighted by Gasteiger charge is -2.38. The molecule has 0 atom stereocenters. The number of methoxy groups -OCH3 is 1. The monoisotopic (exact) mass is 555 g/mol. The minimum atomic E-state index is -4.60. The number of halogens is 3. The number of rotatable bonds is 6. The Hall–Kier alpha value is -2.69. The maximum Gasteiger partial charge on any atom is 0.416 e. The molecule has 4 rings (SSSR count). The van der Waals surface area contributed by atoms with Crippen molar-refractivity contribution in [3.63, 3.8) is 0 Å². The Morgan fingerprint density at radius 1 is 1.24 bits per heavy atom. The third-order valence-corrected chi connectivity index (χ3v) is 10.0. The van der Waals surface area contributed by atoms with E-state index in [1.807, 2.05) is 31.5 Å². The fraction of sp³-hybridized carbons (Fsp3) is 0.542. The standard InChI is InChI=1S/C24H28F3N5O3S2/c1-23(2,3)20-13-31(10-15-11-32(12-15)37(33,34)17-6-7-17)22(36-20)30-21(29-14-28)18-9-16(24(25,26)27)5-8-19(18)35-4/h5,8-9,13,15,17H,6-7,10-12H2,1-4H3/b29-21?,30-22-. The Bertz CT molecular complexity index is 1420. The number of nitriles is 1. The van der Waals surface area contributed by atoms with Crippen LogP contribution in [0.4, 0.5) is 13.2 Å². The van der Waals surface area contributed by atoms with E-state index in [0.717, 1.165) is 17.0 Å². The SMILES string of the molecule is COc1ccc(C(F)(F)F)cc1C(=NC#N)/N=c1\sc(C(C)(C)C)cn1CC1CN(S(=O)(=O)C2CC2)C1. The molecule has 2 fully saturated rings. The highest BCUT2D eigenvalue weighted by Crippen LogP contribution is 2.35. The van der Waals surface area contributed by atoms with Gasteiger partial charge in [0, 0.05) is 36.6 Å². The number of aromatic nitrogens is 1. The predicted octanol–water partition coefficient (Wildman–Crippen LogP) is 4.13. The molecule has 37 heavy (non-hydrogen) atoms. The van der Waals surface area contributed by atoms with E-state index in [-0.39, 0.29) is 33.7 Å². The molecule has 0 radical (unpaired) electrons. The first kappa shape index (κ1) is 27.3. The minimum Gasteiger partial charge on any atom is -0.496 e. The third-order valence-electron chi connectivity index (χ3n) is 6.27. The van der Waals surface area contributed by atoms with Crippen molar-refractivity contribution >= 4 is 27.2 Å². The summed E-state index contributed by atoms with van der Waals surface area (Å²) in [6.45, 7) is 7.38. The van der Waals surface area contributed by atoms with Crippen LogP contribution in [0.1, 0.15) is 49.6 Å². The average Bonchev–Trinajstić information content (AvgIpc) is 3.56. The summed E-state index contributed by atoms with van der Waals surface area (Å²) in [4.78, 5) is 9.68. The normalized spacial score (nSPS) is 18.5. The van der Waals surface area contributed by atoms with Gasteiger partial charge in [-0.15, -0.1) is 11.3 Å². The van der Waals surface area contributed by atoms with Crippen LogP contribution < -0.4 is 9.54 Å². The van der Waals surface area contributed by atoms with Crippen LogP contribution in [-0.2, 0) is 28.2 Å². The van der Waals surface area contributed by atoms with E-state index in [1.165, 1.54) is 28.8 Å². The molecule has 2 aliphatic rings. The summed E-state index contributed by atoms with van der Waals surface area (Å²) >= 11 is 1.35. The van der Waals surface area contributed by atoms with Gasteiger partial charge in [0.05, 0.1) is 23.5 Å². The largest absolute Gasteiger partial charge is 0.496 e. The second-order valence-corrected chi connectivity index (χ2v) is 13.5. The molecule has 0 spiro atoms. The molecule has 2 aromatic rings. The lowest BCUT2D eigenvalue weighted by atomic mass is 9.95. The van der Waals surface area contributed by atoms with Gasteiger partial charge in [-0.1, -0.05) is 20.8 Å². The Morgan fingerprint density at radius 3 is 2.46 bits per heavy atom. The smallest absolute Gasteiger partial charge is 0.416 e. The highest BCUT2D eigenvalue weighted by Gasteiger charge is 2.45. The maximum atomic E-state index is 13.4. The summed E-state index contributed by atoms with van der Waals surface area (Å²) in [5, 5.41) is 9.04. The van der Waals surface area contributed by atoms with Gasteiger partial charge in [-0.05, 0) is 36.5 Å². The summed E-state index contributed by atoms with van der Waals surface area (Å²) in [5.74, 6) is -0.0350. The van der Waals surface area contributed by atoms with E-state index in [4.69, 9.17) is 4.74 Å². The van der Waals surface area contributed by atoms with Crippen LogP contribution in [0.15, 0.2) is 34.4 Å². The fourth-order valence-electron chi connectivity index (χ4n) is 3.99. The first-order valence-corrected chi connectivity index (χ1v) is 14.0. The third kappa shape index (κ3) is 5.91. The molecule has 0 amide bonds. The van der Waals surface area contributed by atoms with Crippen LogP contribution in [0.2, 0.25) is 0 Å². The molecule has 0 unspecified atom stereocenters. The van der Waals surface area contributed by atoms with E-state index >= 15 is 0 Å². The number of hydrogen-bond donors (Lipinski definition) is 0. The Balaban J connectivity index is 1.72. The molecule has 2 heterocycles. The quantitative estimate of drug-likeness (QED) is 0.304. The van der Waals surface area contributed by atoms with Crippen molar-refractivity contribution in [1.29, 1.82) is 5.26 Å². The van der Waals surface area contributed by atoms with Gasteiger partial charge in [0.2, 0.25) is 16.2 Å². The zero-order valence-corrected chi connectivity index (χ0v) is 22.5. The van der Waals surface area contributed by atoms with Crippen LogP contribution in [0.5, 0.6) is 5.75 Å². The number of sulfonamides is 1. The van der Waals surface area contributed by atoms with Gasteiger partial charge in [-0.25, -0.2) is 12.7 Å². The molecule has 1 saturated heterocycles. The summed E-state index contributed by atoms with van der Waals surface area (Å²) in [6.07, 6.45) is 0.378. The van der Waals surface area contributed by atoms with Gasteiger partial charge in [-0.3, -0.25) is 0 Å². The number of benzene rings is 1. The number of aliphatic imine (C=N–C) groups is 1. The van der Waals surface area contributed by atoms with Gasteiger partial charge >= 0.3 is 6.18 Å². The van der Waals surface area contributed by atoms with Gasteiger partial charge in [0.1, 0.15) is 5.75 Å². The first-order valence-electron chi connectivity index (χ1n) is 11.7. The summed E-state index contributed by atoms with van der Waals surface area (Å²) in [5.41, 5.74) is -1.20. The summed E-state index contributed by atoms with van der Waals surface area (Å²) < 4.78 is 73.8. The van der Waals surface area contributed by atoms with Crippen molar-refractivity contribution in [2.45, 2.75) is 57.0 Å². The molecule has 13 heteroatoms. The maximum absolute atomic E-state index is 13.4. The average molecular weight is 556 g/mol. The number of hydrogen-bond acceptors (Lipinski definition) is 6. The fourth-order valence-corrected chi connectivity index (χ4v) is 7.04. The van der Waals surface area contributed by atoms with Crippen molar-refractivity contribution in [3.8, 4) is 11.9 Å². The minimum absolute atomic E-state index is 0.0542. The Kier molecular flexibility index (Phi) is 7.31. The van der Waals surface area contributed by atoms with Crippen LogP contribution in [-0.4, -0.2) is 48.6 Å². The van der Waals surface area contributed by atoms with Crippen LogP contribution >= 0.6 is 11.3 Å². The first-order chi connectivity index (χ1) is 17.2. The van der Waals surface area contributed by atoms with E-state index in [2.05, 4.69) is 9.98 Å². The van der Waals surface area contributed by atoms with Crippen LogP contribution in [0.3, 0.4) is 0 Å². The number of ether oxygens (including phenoxy) is 1. The van der Waals surface area contributed by atoms with E-state index < -0.39 is 21.8 Å². The van der Waals surface area contributed by atoms with Crippen LogP contribution in [0.25, 0.3) is 0 Å². The predicted molar refractivity (Wildman–Crippen MR) is 134 cm³/mol. The van der Waals surface area contributed by atoms with Crippen molar-refractivity contribution in [2.75, 3.05) is 20.2 Å². The summed E-state index contributed by atoms with van der Waals surface area (Å²) in [7, 11) is -1.91. The van der Waals surface area contributed by atoms with Crippen molar-refractivity contribution in [3.05, 3.63) is 45.2 Å². The second-order valence-electron chi connectivity index (χ2n) is 10.3. The molecule has 0 bridgehead atoms. The van der Waals surface area contributed by atoms with Gasteiger partial charge in [-0.2, -0.15) is 28.4 Å². The molecule has 1 aromatic carbocycles. The van der Waals surface area contributed by atoms with Gasteiger partial charge < -0.3 is 9.30 Å². The van der Waals surface area contributed by atoms with Crippen molar-refractivity contribution in [1.82, 2.24) is 8.87 Å². The molecule has 0 N–H and O–H groups in total. The molecule has 1 saturated carbocycles. The van der Waals surface area contributed by atoms with Crippen molar-refractivity contribution < 1.29 is 26.3 Å². The van der Waals surface area contributed by atoms with E-state index in [1.54, 1.807) is 6.19 Å². The van der Waals surface area contributed by atoms with Crippen LogP contribution in [0, 0.1) is 17.4 Å². The molecular weight excluding hydrogens is 527 g/mol. The highest BCUT2D eigenvalue weighted by molar-refractivity contribution is 7.90. The Labute approximate surface area is 217 Å². The van der Waals surface area contributed by atoms with E-state index in [9.17, 15) is 26.9 Å². The molecule has 1 aliphatic heterocycles. The van der Waals surface area contributed by atoms with E-state index in [0.29, 0.717) is 37.3 Å². The molecule has 8 nitrogen and oxygen atoms in total. The number of amidine groups is 1. The second kappa shape index (κ2) is 9.89. The number of thiazole rings is 1. The number of nitrogens with zero attached hydrogens (tertiary/aromatic N) is 5. The highest BCUT2D eigenvalue weighted by atomic mass is 32.2. The van der Waals surface area contributed by atoms with Gasteiger partial charge in [0.25, 0.3) is 0 Å². The lowest BCUT2D eigenvalue weighted by molar-refractivity contribution is -0.137. The molecule has 1 aromatic heterocycles. The Morgan fingerprint density at radius 2 is 1.92 bits per heavy atom.